The lowest BCUT2D eigenvalue weighted by atomic mass is 10.0. The Kier molecular flexibility index (Phi) is 11.4. The van der Waals surface area contributed by atoms with Crippen LogP contribution in [0.3, 0.4) is 0 Å². The minimum Gasteiger partial charge on any atom is -0.445 e. The molecule has 11 heteroatoms. The molecule has 0 spiro atoms. The van der Waals surface area contributed by atoms with Crippen LogP contribution in [0.2, 0.25) is 0 Å². The average molecular weight is 634 g/mol. The Labute approximate surface area is 271 Å². The number of benzene rings is 2. The molecule has 2 fully saturated rings. The number of carbonyl (C=O) groups is 5. The highest BCUT2D eigenvalue weighted by atomic mass is 16.5. The van der Waals surface area contributed by atoms with Crippen LogP contribution in [0.25, 0.3) is 0 Å². The summed E-state index contributed by atoms with van der Waals surface area (Å²) in [6, 6.07) is 13.4. The van der Waals surface area contributed by atoms with Gasteiger partial charge in [0.25, 0.3) is 5.91 Å². The molecule has 0 aromatic heterocycles. The number of anilines is 1. The quantitative estimate of drug-likeness (QED) is 0.366. The van der Waals surface area contributed by atoms with Crippen LogP contribution in [-0.4, -0.2) is 90.8 Å². The summed E-state index contributed by atoms with van der Waals surface area (Å²) < 4.78 is 5.37. The monoisotopic (exact) mass is 633 g/mol. The first-order chi connectivity index (χ1) is 21.8. The SMILES string of the molecule is CC(C)C[C@H](NC(=O)c1ccc(N(C)C)cc1)C(=O)N1CC[C@@H]2[C@H]1C(=O)CN2C(=O)[C@@H](CC(C)C)NC(=O)OCc1ccccc1. The van der Waals surface area contributed by atoms with E-state index in [0.29, 0.717) is 24.8 Å². The van der Waals surface area contributed by atoms with Crippen LogP contribution in [0, 0.1) is 11.8 Å². The number of hydrogen-bond acceptors (Lipinski definition) is 7. The van der Waals surface area contributed by atoms with E-state index in [4.69, 9.17) is 4.74 Å². The number of rotatable bonds is 12. The van der Waals surface area contributed by atoms with Crippen LogP contribution in [0.5, 0.6) is 0 Å². The maximum Gasteiger partial charge on any atom is 0.408 e. The highest BCUT2D eigenvalue weighted by Gasteiger charge is 2.53. The van der Waals surface area contributed by atoms with Crippen molar-refractivity contribution >= 4 is 35.3 Å². The maximum atomic E-state index is 13.9. The second-order valence-corrected chi connectivity index (χ2v) is 13.3. The lowest BCUT2D eigenvalue weighted by Crippen LogP contribution is -2.53. The third-order valence-electron chi connectivity index (χ3n) is 8.46. The van der Waals surface area contributed by atoms with Gasteiger partial charge in [-0.15, -0.1) is 0 Å². The van der Waals surface area contributed by atoms with Gasteiger partial charge in [-0.3, -0.25) is 19.2 Å². The number of likely N-dealkylation sites (tertiary alicyclic amines) is 2. The normalized spacial score (nSPS) is 18.7. The van der Waals surface area contributed by atoms with E-state index in [9.17, 15) is 24.0 Å². The van der Waals surface area contributed by atoms with Gasteiger partial charge in [0.15, 0.2) is 5.78 Å². The molecular weight excluding hydrogens is 586 g/mol. The van der Waals surface area contributed by atoms with Crippen molar-refractivity contribution in [2.24, 2.45) is 11.8 Å². The van der Waals surface area contributed by atoms with Crippen molar-refractivity contribution in [3.8, 4) is 0 Å². The largest absolute Gasteiger partial charge is 0.445 e. The molecule has 11 nitrogen and oxygen atoms in total. The van der Waals surface area contributed by atoms with Crippen LogP contribution >= 0.6 is 0 Å². The average Bonchev–Trinajstić information content (AvgIpc) is 3.60. The van der Waals surface area contributed by atoms with Crippen molar-refractivity contribution in [1.82, 2.24) is 20.4 Å². The summed E-state index contributed by atoms with van der Waals surface area (Å²) >= 11 is 0. The van der Waals surface area contributed by atoms with Gasteiger partial charge >= 0.3 is 6.09 Å². The fraction of sp³-hybridized carbons (Fsp3) is 0.514. The summed E-state index contributed by atoms with van der Waals surface area (Å²) in [6.07, 6.45) is 0.477. The van der Waals surface area contributed by atoms with Gasteiger partial charge in [-0.1, -0.05) is 58.0 Å². The van der Waals surface area contributed by atoms with E-state index in [1.807, 2.05) is 89.2 Å². The summed E-state index contributed by atoms with van der Waals surface area (Å²) in [7, 11) is 3.83. The predicted octanol–water partition coefficient (Wildman–Crippen LogP) is 3.62. The summed E-state index contributed by atoms with van der Waals surface area (Å²) in [5.74, 6) is -1.11. The Balaban J connectivity index is 1.44. The molecule has 2 aromatic carbocycles. The van der Waals surface area contributed by atoms with Gasteiger partial charge in [-0.2, -0.15) is 0 Å². The van der Waals surface area contributed by atoms with Crippen molar-refractivity contribution < 1.29 is 28.7 Å². The van der Waals surface area contributed by atoms with E-state index in [0.717, 1.165) is 11.3 Å². The minimum absolute atomic E-state index is 0.0642. The molecule has 4 atom stereocenters. The molecule has 0 saturated carbocycles. The van der Waals surface area contributed by atoms with E-state index in [1.54, 1.807) is 12.1 Å². The standard InChI is InChI=1S/C35H47N5O6/c1-22(2)18-27(36-32(42)25-12-14-26(15-13-25)38(5)6)33(43)39-17-16-29-31(39)30(41)20-40(29)34(44)28(19-23(3)4)37-35(45)46-21-24-10-8-7-9-11-24/h7-15,22-23,27-29,31H,16-21H2,1-6H3,(H,36,42)(H,37,45)/t27-,28+,29+,31-/m0/s1. The summed E-state index contributed by atoms with van der Waals surface area (Å²) in [4.78, 5) is 72.0. The van der Waals surface area contributed by atoms with Crippen molar-refractivity contribution in [1.29, 1.82) is 0 Å². The summed E-state index contributed by atoms with van der Waals surface area (Å²) in [6.45, 7) is 8.04. The number of amides is 4. The van der Waals surface area contributed by atoms with E-state index in [2.05, 4.69) is 10.6 Å². The molecule has 2 N–H and O–H groups in total. The first-order valence-corrected chi connectivity index (χ1v) is 16.0. The highest BCUT2D eigenvalue weighted by Crippen LogP contribution is 2.32. The number of ketones is 1. The number of fused-ring (bicyclic) bond motifs is 1. The lowest BCUT2D eigenvalue weighted by Gasteiger charge is -2.30. The molecule has 0 aliphatic carbocycles. The molecule has 2 aliphatic heterocycles. The van der Waals surface area contributed by atoms with Crippen LogP contribution in [0.1, 0.15) is 62.9 Å². The number of Topliss-reactive ketones (excluding diaryl/α,β-unsaturated/α-hetero) is 1. The van der Waals surface area contributed by atoms with Crippen LogP contribution < -0.4 is 15.5 Å². The van der Waals surface area contributed by atoms with Crippen molar-refractivity contribution in [3.05, 3.63) is 65.7 Å². The fourth-order valence-electron chi connectivity index (χ4n) is 6.20. The predicted molar refractivity (Wildman–Crippen MR) is 175 cm³/mol. The molecule has 2 aromatic rings. The molecule has 0 radical (unpaired) electrons. The number of nitrogens with one attached hydrogen (secondary N) is 2. The van der Waals surface area contributed by atoms with E-state index in [-0.39, 0.29) is 55.0 Å². The third-order valence-corrected chi connectivity index (χ3v) is 8.46. The Morgan fingerprint density at radius 3 is 2.02 bits per heavy atom. The lowest BCUT2D eigenvalue weighted by molar-refractivity contribution is -0.138. The molecule has 4 rings (SSSR count). The van der Waals surface area contributed by atoms with Gasteiger partial charge in [-0.25, -0.2) is 4.79 Å². The van der Waals surface area contributed by atoms with Crippen molar-refractivity contribution in [2.45, 2.75) is 77.7 Å². The molecule has 248 valence electrons. The summed E-state index contributed by atoms with van der Waals surface area (Å²) in [5, 5.41) is 5.62. The van der Waals surface area contributed by atoms with Gasteiger partial charge < -0.3 is 30.1 Å². The molecular formula is C35H47N5O6. The van der Waals surface area contributed by atoms with E-state index >= 15 is 0 Å². The molecule has 0 unspecified atom stereocenters. The Morgan fingerprint density at radius 2 is 1.43 bits per heavy atom. The number of hydrogen-bond donors (Lipinski definition) is 2. The van der Waals surface area contributed by atoms with Gasteiger partial charge in [0, 0.05) is 31.9 Å². The van der Waals surface area contributed by atoms with Gasteiger partial charge in [0.2, 0.25) is 11.8 Å². The Morgan fingerprint density at radius 1 is 0.848 bits per heavy atom. The van der Waals surface area contributed by atoms with Crippen LogP contribution in [-0.2, 0) is 25.7 Å². The van der Waals surface area contributed by atoms with Gasteiger partial charge in [0.05, 0.1) is 12.6 Å². The second-order valence-electron chi connectivity index (χ2n) is 13.3. The Hall–Kier alpha value is -4.41. The molecule has 2 saturated heterocycles. The number of nitrogens with zero attached hydrogens (tertiary/aromatic N) is 3. The zero-order valence-corrected chi connectivity index (χ0v) is 27.7. The van der Waals surface area contributed by atoms with Gasteiger partial charge in [-0.05, 0) is 60.9 Å². The third kappa shape index (κ3) is 8.44. The van der Waals surface area contributed by atoms with Gasteiger partial charge in [0.1, 0.15) is 24.7 Å². The topological polar surface area (TPSA) is 128 Å². The molecule has 46 heavy (non-hydrogen) atoms. The van der Waals surface area contributed by atoms with Crippen LogP contribution in [0.4, 0.5) is 10.5 Å². The molecule has 0 bridgehead atoms. The maximum absolute atomic E-state index is 13.9. The fourth-order valence-corrected chi connectivity index (χ4v) is 6.20. The highest BCUT2D eigenvalue weighted by molar-refractivity contribution is 6.01. The number of carbonyl (C=O) groups excluding carboxylic acids is 5. The zero-order valence-electron chi connectivity index (χ0n) is 27.7. The van der Waals surface area contributed by atoms with E-state index < -0.39 is 30.3 Å². The molecule has 4 amide bonds. The zero-order chi connectivity index (χ0) is 33.5. The van der Waals surface area contributed by atoms with E-state index in [1.165, 1.54) is 9.80 Å². The number of alkyl carbamates (subject to hydrolysis) is 1. The van der Waals surface area contributed by atoms with Crippen molar-refractivity contribution in [3.63, 3.8) is 0 Å². The van der Waals surface area contributed by atoms with Crippen molar-refractivity contribution in [2.75, 3.05) is 32.1 Å². The second kappa shape index (κ2) is 15.2. The smallest absolute Gasteiger partial charge is 0.408 e. The summed E-state index contributed by atoms with van der Waals surface area (Å²) in [5.41, 5.74) is 2.21. The molecule has 2 heterocycles. The first-order valence-electron chi connectivity index (χ1n) is 16.0. The Bertz CT molecular complexity index is 1390. The minimum atomic E-state index is -0.883. The first kappa shape index (κ1) is 34.5. The molecule has 2 aliphatic rings. The van der Waals surface area contributed by atoms with Crippen LogP contribution in [0.15, 0.2) is 54.6 Å². The number of ether oxygens (including phenoxy) is 1.